The third kappa shape index (κ3) is 10.2. The number of aliphatic hydroxyl groups excluding tert-OH is 1. The van der Waals surface area contributed by atoms with Crippen LogP contribution in [0.25, 0.3) is 0 Å². The highest BCUT2D eigenvalue weighted by molar-refractivity contribution is 6.30. The number of alkyl halides is 3. The molecule has 3 aromatic rings. The third-order valence-corrected chi connectivity index (χ3v) is 8.21. The molecule has 4 rings (SSSR count). The number of hydrogen-bond donors (Lipinski definition) is 4. The number of aliphatic imine (C=N–C) groups is 1. The Morgan fingerprint density at radius 3 is 2.20 bits per heavy atom. The highest BCUT2D eigenvalue weighted by atomic mass is 35.5. The number of rotatable bonds is 11. The van der Waals surface area contributed by atoms with Crippen LogP contribution >= 0.6 is 11.6 Å². The van der Waals surface area contributed by atoms with Crippen LogP contribution in [0.1, 0.15) is 78.0 Å². The molecule has 4 N–H and O–H groups in total. The Bertz CT molecular complexity index is 1480. The number of nitrogens with one attached hydrogen (secondary N) is 2. The molecule has 1 aliphatic carbocycles. The number of amides is 1. The molecular weight excluding hydrogens is 621 g/mol. The predicted molar refractivity (Wildman–Crippen MR) is 172 cm³/mol. The minimum Gasteiger partial charge on any atom is -0.479 e. The van der Waals surface area contributed by atoms with Crippen molar-refractivity contribution in [1.82, 2.24) is 10.6 Å². The summed E-state index contributed by atoms with van der Waals surface area (Å²) in [7, 11) is 0. The first-order chi connectivity index (χ1) is 21.9. The van der Waals surface area contributed by atoms with Gasteiger partial charge in [0.1, 0.15) is 6.54 Å². The Labute approximate surface area is 271 Å². The number of carboxylic acid groups (broad SMARTS) is 1. The number of benzene rings is 3. The van der Waals surface area contributed by atoms with Gasteiger partial charge < -0.3 is 25.7 Å². The number of carbonyl (C=O) groups excluding carboxylic acids is 1. The van der Waals surface area contributed by atoms with Gasteiger partial charge in [-0.1, -0.05) is 67.3 Å². The van der Waals surface area contributed by atoms with Gasteiger partial charge in [-0.05, 0) is 78.8 Å². The van der Waals surface area contributed by atoms with E-state index in [-0.39, 0.29) is 18.1 Å². The minimum absolute atomic E-state index is 0.0228. The van der Waals surface area contributed by atoms with Crippen LogP contribution in [0, 0.1) is 0 Å². The Balaban J connectivity index is 1.64. The summed E-state index contributed by atoms with van der Waals surface area (Å²) in [5.74, 6) is -1.56. The molecule has 0 radical (unpaired) electrons. The lowest BCUT2D eigenvalue weighted by Gasteiger charge is -2.30. The SMILES string of the molecule is CC(N/C(=N/CC(F)(F)F)N(Cc1ccc(C(=O)NC[C@@H](O)C(=O)O)cc1)c1ccc(C2CCCCC2)cc1)c1ccc(Cl)cc1. The van der Waals surface area contributed by atoms with E-state index in [1.54, 1.807) is 41.3 Å². The second-order valence-corrected chi connectivity index (χ2v) is 11.9. The molecule has 246 valence electrons. The number of halogens is 4. The van der Waals surface area contributed by atoms with Crippen molar-refractivity contribution in [1.29, 1.82) is 0 Å². The molecule has 0 aliphatic heterocycles. The van der Waals surface area contributed by atoms with Crippen LogP contribution in [-0.2, 0) is 11.3 Å². The lowest BCUT2D eigenvalue weighted by atomic mass is 9.84. The zero-order valence-corrected chi connectivity index (χ0v) is 26.2. The molecule has 1 aliphatic rings. The summed E-state index contributed by atoms with van der Waals surface area (Å²) < 4.78 is 40.5. The van der Waals surface area contributed by atoms with Crippen molar-refractivity contribution < 1.29 is 33.0 Å². The molecular formula is C34H38ClF3N4O4. The molecule has 8 nitrogen and oxygen atoms in total. The summed E-state index contributed by atoms with van der Waals surface area (Å²) in [5, 5.41) is 24.4. The fourth-order valence-corrected chi connectivity index (χ4v) is 5.50. The van der Waals surface area contributed by atoms with Gasteiger partial charge in [-0.25, -0.2) is 9.79 Å². The van der Waals surface area contributed by atoms with Crippen molar-refractivity contribution >= 4 is 35.1 Å². The van der Waals surface area contributed by atoms with E-state index in [9.17, 15) is 27.9 Å². The van der Waals surface area contributed by atoms with Crippen LogP contribution < -0.4 is 15.5 Å². The molecule has 12 heteroatoms. The van der Waals surface area contributed by atoms with Crippen molar-refractivity contribution in [3.05, 3.63) is 100 Å². The maximum atomic E-state index is 13.5. The van der Waals surface area contributed by atoms with Crippen molar-refractivity contribution in [2.45, 2.75) is 69.8 Å². The van der Waals surface area contributed by atoms with Crippen molar-refractivity contribution in [3.8, 4) is 0 Å². The second kappa shape index (κ2) is 16.0. The highest BCUT2D eigenvalue weighted by Crippen LogP contribution is 2.34. The summed E-state index contributed by atoms with van der Waals surface area (Å²) in [6, 6.07) is 20.8. The van der Waals surface area contributed by atoms with Gasteiger partial charge in [0.15, 0.2) is 12.1 Å². The van der Waals surface area contributed by atoms with E-state index in [1.807, 2.05) is 31.2 Å². The zero-order chi connectivity index (χ0) is 33.3. The molecule has 3 aromatic carbocycles. The van der Waals surface area contributed by atoms with Crippen LogP contribution in [-0.4, -0.2) is 53.4 Å². The maximum Gasteiger partial charge on any atom is 0.408 e. The number of nitrogens with zero attached hydrogens (tertiary/aromatic N) is 2. The van der Waals surface area contributed by atoms with Gasteiger partial charge in [0.05, 0.1) is 19.1 Å². The normalized spacial score (nSPS) is 15.6. The van der Waals surface area contributed by atoms with Gasteiger partial charge in [0, 0.05) is 16.3 Å². The van der Waals surface area contributed by atoms with Crippen LogP contribution in [0.4, 0.5) is 18.9 Å². The van der Waals surface area contributed by atoms with E-state index in [0.29, 0.717) is 22.2 Å². The Morgan fingerprint density at radius 1 is 0.978 bits per heavy atom. The predicted octanol–water partition coefficient (Wildman–Crippen LogP) is 6.84. The largest absolute Gasteiger partial charge is 0.479 e. The average molecular weight is 659 g/mol. The monoisotopic (exact) mass is 658 g/mol. The standard InChI is InChI=1S/C34H38ClF3N4O4/c1-22(24-11-15-28(35)16-12-24)41-33(40-21-34(36,37)38)42(29-17-13-26(14-18-29)25-5-3-2-4-6-25)20-23-7-9-27(10-8-23)31(44)39-19-30(43)32(45)46/h7-18,22,25,30,43H,2-6,19-21H2,1H3,(H,39,44)(H,40,41)(H,45,46)/t22?,30-/m1/s1. The Morgan fingerprint density at radius 2 is 1.61 bits per heavy atom. The number of guanidine groups is 1. The van der Waals surface area contributed by atoms with Gasteiger partial charge in [-0.2, -0.15) is 13.2 Å². The number of aliphatic carboxylic acids is 1. The second-order valence-electron chi connectivity index (χ2n) is 11.4. The quantitative estimate of drug-likeness (QED) is 0.133. The van der Waals surface area contributed by atoms with Gasteiger partial charge in [-0.15, -0.1) is 0 Å². The summed E-state index contributed by atoms with van der Waals surface area (Å²) in [5.41, 5.74) is 3.55. The van der Waals surface area contributed by atoms with Crippen molar-refractivity contribution in [2.24, 2.45) is 4.99 Å². The van der Waals surface area contributed by atoms with Gasteiger partial charge in [0.25, 0.3) is 5.91 Å². The Hall–Kier alpha value is -4.09. The van der Waals surface area contributed by atoms with E-state index in [4.69, 9.17) is 16.7 Å². The molecule has 0 heterocycles. The van der Waals surface area contributed by atoms with Crippen LogP contribution in [0.2, 0.25) is 5.02 Å². The lowest BCUT2D eigenvalue weighted by molar-refractivity contribution is -0.146. The van der Waals surface area contributed by atoms with E-state index in [2.05, 4.69) is 15.6 Å². The maximum absolute atomic E-state index is 13.5. The molecule has 2 atom stereocenters. The van der Waals surface area contributed by atoms with Crippen LogP contribution in [0.15, 0.2) is 77.8 Å². The third-order valence-electron chi connectivity index (χ3n) is 7.96. The Kier molecular flexibility index (Phi) is 12.1. The number of hydrogen-bond acceptors (Lipinski definition) is 4. The first-order valence-corrected chi connectivity index (χ1v) is 15.6. The fraction of sp³-hybridized carbons (Fsp3) is 0.382. The van der Waals surface area contributed by atoms with E-state index in [0.717, 1.165) is 18.4 Å². The number of carbonyl (C=O) groups is 2. The van der Waals surface area contributed by atoms with E-state index in [1.165, 1.54) is 37.0 Å². The number of carboxylic acids is 1. The van der Waals surface area contributed by atoms with Crippen LogP contribution in [0.5, 0.6) is 0 Å². The van der Waals surface area contributed by atoms with Gasteiger partial charge >= 0.3 is 12.1 Å². The highest BCUT2D eigenvalue weighted by Gasteiger charge is 2.28. The molecule has 1 saturated carbocycles. The van der Waals surface area contributed by atoms with E-state index < -0.39 is 43.3 Å². The smallest absolute Gasteiger partial charge is 0.408 e. The topological polar surface area (TPSA) is 114 Å². The molecule has 1 unspecified atom stereocenters. The average Bonchev–Trinajstić information content (AvgIpc) is 3.05. The number of aliphatic hydroxyl groups is 1. The summed E-state index contributed by atoms with van der Waals surface area (Å²) in [4.78, 5) is 29.0. The van der Waals surface area contributed by atoms with Crippen LogP contribution in [0.3, 0.4) is 0 Å². The first-order valence-electron chi connectivity index (χ1n) is 15.2. The molecule has 46 heavy (non-hydrogen) atoms. The molecule has 1 fully saturated rings. The van der Waals surface area contributed by atoms with E-state index >= 15 is 0 Å². The lowest BCUT2D eigenvalue weighted by Crippen LogP contribution is -2.43. The molecule has 0 spiro atoms. The minimum atomic E-state index is -4.53. The summed E-state index contributed by atoms with van der Waals surface area (Å²) in [6.07, 6.45) is -0.479. The van der Waals surface area contributed by atoms with Crippen molar-refractivity contribution in [3.63, 3.8) is 0 Å². The molecule has 1 amide bonds. The molecule has 0 bridgehead atoms. The van der Waals surface area contributed by atoms with Gasteiger partial charge in [-0.3, -0.25) is 4.79 Å². The molecule has 0 saturated heterocycles. The van der Waals surface area contributed by atoms with Gasteiger partial charge in [0.2, 0.25) is 0 Å². The van der Waals surface area contributed by atoms with Crippen molar-refractivity contribution in [2.75, 3.05) is 18.0 Å². The number of anilines is 1. The summed E-state index contributed by atoms with van der Waals surface area (Å²) in [6.45, 7) is 0.0997. The molecule has 0 aromatic heterocycles. The first kappa shape index (κ1) is 34.8. The zero-order valence-electron chi connectivity index (χ0n) is 25.4. The summed E-state index contributed by atoms with van der Waals surface area (Å²) >= 11 is 6.05. The fourth-order valence-electron chi connectivity index (χ4n) is 5.38.